The Bertz CT molecular complexity index is 1320. The lowest BCUT2D eigenvalue weighted by Gasteiger charge is -2.36. The van der Waals surface area contributed by atoms with E-state index in [9.17, 15) is 4.79 Å². The lowest BCUT2D eigenvalue weighted by molar-refractivity contribution is -0.141. The van der Waals surface area contributed by atoms with E-state index in [4.69, 9.17) is 23.9 Å². The molecule has 1 atom stereocenters. The number of aryl methyl sites for hydroxylation is 1. The lowest BCUT2D eigenvalue weighted by Crippen LogP contribution is -2.44. The molecule has 1 aliphatic rings. The van der Waals surface area contributed by atoms with Crippen LogP contribution in [0.2, 0.25) is 0 Å². The predicted octanol–water partition coefficient (Wildman–Crippen LogP) is 2.98. The van der Waals surface area contributed by atoms with Crippen LogP contribution in [0, 0.1) is 6.92 Å². The molecular weight excluding hydrogens is 432 g/mol. The summed E-state index contributed by atoms with van der Waals surface area (Å²) in [6.07, 6.45) is -0.571. The Morgan fingerprint density at radius 1 is 0.882 bits per heavy atom. The summed E-state index contributed by atoms with van der Waals surface area (Å²) < 4.78 is 21.8. The number of hydrogen-bond acceptors (Lipinski definition) is 7. The Balaban J connectivity index is 2.04. The van der Waals surface area contributed by atoms with Gasteiger partial charge < -0.3 is 23.8 Å². The van der Waals surface area contributed by atoms with Gasteiger partial charge in [-0.05, 0) is 30.2 Å². The van der Waals surface area contributed by atoms with Gasteiger partial charge in [0.1, 0.15) is 12.3 Å². The fourth-order valence-electron chi connectivity index (χ4n) is 4.21. The fourth-order valence-corrected chi connectivity index (χ4v) is 4.21. The van der Waals surface area contributed by atoms with Crippen molar-refractivity contribution < 1.29 is 23.7 Å². The largest absolute Gasteiger partial charge is 0.496 e. The Hall–Kier alpha value is -4.00. The standard InChI is InChI=1S/C27H28N2O5/c1-17-11-12-19-21(13-17)28-27(20-14-23(32-3)24(33-4)15-22(20)31-2)29(16-25(30)34-5)26(19)18-9-7-6-8-10-18/h6-15,27H,16H2,1-5H3. The summed E-state index contributed by atoms with van der Waals surface area (Å²) in [7, 11) is 6.14. The van der Waals surface area contributed by atoms with Gasteiger partial charge in [0.25, 0.3) is 0 Å². The van der Waals surface area contributed by atoms with Crippen molar-refractivity contribution in [3.05, 3.63) is 87.9 Å². The van der Waals surface area contributed by atoms with E-state index in [1.807, 2.05) is 66.4 Å². The van der Waals surface area contributed by atoms with Crippen LogP contribution in [0.4, 0.5) is 0 Å². The van der Waals surface area contributed by atoms with Crippen LogP contribution in [-0.2, 0) is 9.53 Å². The number of ether oxygens (including phenoxy) is 4. The van der Waals surface area contributed by atoms with E-state index in [1.54, 1.807) is 27.4 Å². The van der Waals surface area contributed by atoms with Gasteiger partial charge in [0.05, 0.1) is 39.5 Å². The number of carbonyl (C=O) groups is 1. The Labute approximate surface area is 198 Å². The quantitative estimate of drug-likeness (QED) is 0.505. The zero-order valence-electron chi connectivity index (χ0n) is 20.0. The molecule has 0 aromatic heterocycles. The number of rotatable bonds is 7. The zero-order valence-corrected chi connectivity index (χ0v) is 20.0. The van der Waals surface area contributed by atoms with Crippen LogP contribution in [0.25, 0.3) is 5.70 Å². The SMILES string of the molecule is COC(=O)CN1C(c2ccccc2)=c2ccc(C)cc2=NC1c1cc(OC)c(OC)cc1OC. The molecule has 7 heteroatoms. The molecule has 0 saturated heterocycles. The van der Waals surface area contributed by atoms with Crippen LogP contribution < -0.4 is 24.8 Å². The minimum absolute atomic E-state index is 0.000288. The van der Waals surface area contributed by atoms with Crippen molar-refractivity contribution in [2.24, 2.45) is 4.99 Å². The lowest BCUT2D eigenvalue weighted by atomic mass is 10.0. The first-order valence-electron chi connectivity index (χ1n) is 10.9. The average molecular weight is 461 g/mol. The molecule has 0 bridgehead atoms. The first kappa shape index (κ1) is 23.2. The van der Waals surface area contributed by atoms with Crippen molar-refractivity contribution in [2.45, 2.75) is 13.1 Å². The number of methoxy groups -OCH3 is 4. The molecule has 0 radical (unpaired) electrons. The van der Waals surface area contributed by atoms with E-state index in [2.05, 4.69) is 0 Å². The molecule has 0 amide bonds. The smallest absolute Gasteiger partial charge is 0.325 e. The van der Waals surface area contributed by atoms with Gasteiger partial charge in [0, 0.05) is 16.8 Å². The van der Waals surface area contributed by atoms with Gasteiger partial charge in [-0.2, -0.15) is 0 Å². The maximum atomic E-state index is 12.6. The van der Waals surface area contributed by atoms with Crippen LogP contribution in [0.5, 0.6) is 17.2 Å². The van der Waals surface area contributed by atoms with Crippen molar-refractivity contribution in [1.82, 2.24) is 4.90 Å². The van der Waals surface area contributed by atoms with Gasteiger partial charge in [-0.1, -0.05) is 42.5 Å². The van der Waals surface area contributed by atoms with E-state index >= 15 is 0 Å². The fraction of sp³-hybridized carbons (Fsp3) is 0.259. The minimum atomic E-state index is -0.571. The molecule has 0 saturated carbocycles. The Morgan fingerprint density at radius 3 is 2.21 bits per heavy atom. The number of hydrogen-bond donors (Lipinski definition) is 0. The van der Waals surface area contributed by atoms with E-state index in [0.717, 1.165) is 33.0 Å². The summed E-state index contributed by atoms with van der Waals surface area (Å²) in [4.78, 5) is 19.6. The number of fused-ring (bicyclic) bond motifs is 1. The molecule has 1 aliphatic heterocycles. The molecule has 176 valence electrons. The highest BCUT2D eigenvalue weighted by Gasteiger charge is 2.32. The zero-order chi connectivity index (χ0) is 24.2. The average Bonchev–Trinajstić information content (AvgIpc) is 2.87. The van der Waals surface area contributed by atoms with Crippen LogP contribution in [0.15, 0.2) is 65.7 Å². The summed E-state index contributed by atoms with van der Waals surface area (Å²) >= 11 is 0. The third kappa shape index (κ3) is 4.29. The second-order valence-corrected chi connectivity index (χ2v) is 7.89. The molecule has 4 rings (SSSR count). The normalized spacial score (nSPS) is 14.7. The molecule has 0 aliphatic carbocycles. The second kappa shape index (κ2) is 9.87. The summed E-state index contributed by atoms with van der Waals surface area (Å²) in [5.41, 5.74) is 3.69. The molecular formula is C27H28N2O5. The van der Waals surface area contributed by atoms with E-state index in [0.29, 0.717) is 17.2 Å². The minimum Gasteiger partial charge on any atom is -0.496 e. The molecule has 34 heavy (non-hydrogen) atoms. The molecule has 3 aromatic carbocycles. The van der Waals surface area contributed by atoms with Crippen LogP contribution in [0.3, 0.4) is 0 Å². The Kier molecular flexibility index (Phi) is 6.72. The van der Waals surface area contributed by atoms with Crippen LogP contribution >= 0.6 is 0 Å². The number of esters is 1. The summed E-state index contributed by atoms with van der Waals surface area (Å²) in [6, 6.07) is 19.7. The third-order valence-electron chi connectivity index (χ3n) is 5.84. The van der Waals surface area contributed by atoms with Gasteiger partial charge in [-0.15, -0.1) is 0 Å². The van der Waals surface area contributed by atoms with Crippen molar-refractivity contribution >= 4 is 11.7 Å². The van der Waals surface area contributed by atoms with Gasteiger partial charge in [0.2, 0.25) is 0 Å². The van der Waals surface area contributed by atoms with E-state index in [-0.39, 0.29) is 12.5 Å². The number of nitrogens with zero attached hydrogens (tertiary/aromatic N) is 2. The topological polar surface area (TPSA) is 69.6 Å². The summed E-state index contributed by atoms with van der Waals surface area (Å²) in [5.74, 6) is 1.29. The highest BCUT2D eigenvalue weighted by atomic mass is 16.5. The molecule has 0 fully saturated rings. The second-order valence-electron chi connectivity index (χ2n) is 7.89. The summed E-state index contributed by atoms with van der Waals surface area (Å²) in [5, 5.41) is 1.78. The molecule has 1 unspecified atom stereocenters. The van der Waals surface area contributed by atoms with Gasteiger partial charge in [0.15, 0.2) is 17.7 Å². The van der Waals surface area contributed by atoms with E-state index in [1.165, 1.54) is 7.11 Å². The van der Waals surface area contributed by atoms with Crippen LogP contribution in [0.1, 0.15) is 22.9 Å². The first-order chi connectivity index (χ1) is 16.5. The predicted molar refractivity (Wildman–Crippen MR) is 128 cm³/mol. The van der Waals surface area contributed by atoms with Crippen molar-refractivity contribution in [2.75, 3.05) is 35.0 Å². The third-order valence-corrected chi connectivity index (χ3v) is 5.84. The van der Waals surface area contributed by atoms with Crippen LogP contribution in [-0.4, -0.2) is 45.9 Å². The molecule has 0 N–H and O–H groups in total. The maximum Gasteiger partial charge on any atom is 0.325 e. The highest BCUT2D eigenvalue weighted by Crippen LogP contribution is 2.41. The number of benzene rings is 3. The van der Waals surface area contributed by atoms with Gasteiger partial charge in [-0.25, -0.2) is 0 Å². The molecule has 7 nitrogen and oxygen atoms in total. The molecule has 1 heterocycles. The van der Waals surface area contributed by atoms with E-state index < -0.39 is 6.17 Å². The molecule has 3 aromatic rings. The van der Waals surface area contributed by atoms with Crippen molar-refractivity contribution in [1.29, 1.82) is 0 Å². The summed E-state index contributed by atoms with van der Waals surface area (Å²) in [6.45, 7) is 2.03. The highest BCUT2D eigenvalue weighted by molar-refractivity contribution is 5.76. The van der Waals surface area contributed by atoms with Gasteiger partial charge >= 0.3 is 5.97 Å². The van der Waals surface area contributed by atoms with Gasteiger partial charge in [-0.3, -0.25) is 9.79 Å². The Morgan fingerprint density at radius 2 is 1.56 bits per heavy atom. The molecule has 0 spiro atoms. The van der Waals surface area contributed by atoms with Crippen molar-refractivity contribution in [3.8, 4) is 17.2 Å². The van der Waals surface area contributed by atoms with Crippen molar-refractivity contribution in [3.63, 3.8) is 0 Å². The first-order valence-corrected chi connectivity index (χ1v) is 10.9. The number of carbonyl (C=O) groups excluding carboxylic acids is 1. The monoisotopic (exact) mass is 460 g/mol. The maximum absolute atomic E-state index is 12.6.